The maximum Gasteiger partial charge on any atom is 0.0754 e. The van der Waals surface area contributed by atoms with Crippen LogP contribution in [0.25, 0.3) is 10.9 Å². The topological polar surface area (TPSA) is 14.2 Å². The van der Waals surface area contributed by atoms with Crippen LogP contribution in [0.5, 0.6) is 0 Å². The molecule has 0 spiro atoms. The highest BCUT2D eigenvalue weighted by atomic mass is 16.5. The Morgan fingerprint density at radius 3 is 3.00 bits per heavy atom. The van der Waals surface area contributed by atoms with Crippen LogP contribution >= 0.6 is 0 Å². The molecule has 2 heterocycles. The molecule has 1 aliphatic heterocycles. The van der Waals surface area contributed by atoms with E-state index in [-0.39, 0.29) is 0 Å². The Labute approximate surface area is 95.8 Å². The zero-order chi connectivity index (χ0) is 10.8. The molecule has 0 N–H and O–H groups in total. The van der Waals surface area contributed by atoms with E-state index >= 15 is 0 Å². The van der Waals surface area contributed by atoms with Gasteiger partial charge < -0.3 is 9.30 Å². The minimum atomic E-state index is 0.407. The Kier molecular flexibility index (Phi) is 2.66. The van der Waals surface area contributed by atoms with Gasteiger partial charge in [0.25, 0.3) is 0 Å². The first kappa shape index (κ1) is 9.91. The third-order valence-electron chi connectivity index (χ3n) is 3.35. The molecule has 3 rings (SSSR count). The number of fused-ring (bicyclic) bond motifs is 1. The zero-order valence-corrected chi connectivity index (χ0v) is 9.43. The summed E-state index contributed by atoms with van der Waals surface area (Å²) < 4.78 is 8.09. The Morgan fingerprint density at radius 2 is 2.12 bits per heavy atom. The molecule has 1 aliphatic rings. The molecule has 1 unspecified atom stereocenters. The van der Waals surface area contributed by atoms with Crippen molar-refractivity contribution in [3.63, 3.8) is 0 Å². The molecule has 2 heteroatoms. The SMILES string of the molecule is c1ccc2c(c1)ccn2CC1CCCCO1. The van der Waals surface area contributed by atoms with Gasteiger partial charge in [-0.25, -0.2) is 0 Å². The fourth-order valence-electron chi connectivity index (χ4n) is 2.47. The van der Waals surface area contributed by atoms with Crippen LogP contribution in [0.15, 0.2) is 36.5 Å². The van der Waals surface area contributed by atoms with Crippen molar-refractivity contribution >= 4 is 10.9 Å². The maximum absolute atomic E-state index is 5.78. The van der Waals surface area contributed by atoms with Crippen molar-refractivity contribution in [3.05, 3.63) is 36.5 Å². The molecule has 1 saturated heterocycles. The molecule has 1 aromatic carbocycles. The van der Waals surface area contributed by atoms with E-state index in [1.54, 1.807) is 0 Å². The Balaban J connectivity index is 1.83. The number of hydrogen-bond acceptors (Lipinski definition) is 1. The number of nitrogens with zero attached hydrogens (tertiary/aromatic N) is 1. The largest absolute Gasteiger partial charge is 0.376 e. The molecule has 0 amide bonds. The second kappa shape index (κ2) is 4.30. The lowest BCUT2D eigenvalue weighted by atomic mass is 10.1. The molecule has 0 radical (unpaired) electrons. The van der Waals surface area contributed by atoms with Gasteiger partial charge in [-0.2, -0.15) is 0 Å². The lowest BCUT2D eigenvalue weighted by Gasteiger charge is -2.23. The molecule has 0 saturated carbocycles. The van der Waals surface area contributed by atoms with Gasteiger partial charge in [0.05, 0.1) is 6.10 Å². The van der Waals surface area contributed by atoms with Crippen LogP contribution < -0.4 is 0 Å². The monoisotopic (exact) mass is 215 g/mol. The molecule has 2 aromatic rings. The van der Waals surface area contributed by atoms with Crippen molar-refractivity contribution in [3.8, 4) is 0 Å². The van der Waals surface area contributed by atoms with E-state index in [0.717, 1.165) is 13.2 Å². The average Bonchev–Trinajstić information content (AvgIpc) is 2.74. The maximum atomic E-state index is 5.78. The first-order chi connectivity index (χ1) is 7.93. The Hall–Kier alpha value is -1.28. The molecular formula is C14H17NO. The summed E-state index contributed by atoms with van der Waals surface area (Å²) in [5, 5.41) is 1.32. The highest BCUT2D eigenvalue weighted by Crippen LogP contribution is 2.19. The second-order valence-corrected chi connectivity index (χ2v) is 4.52. The minimum Gasteiger partial charge on any atom is -0.376 e. The molecular weight excluding hydrogens is 198 g/mol. The summed E-state index contributed by atoms with van der Waals surface area (Å²) in [6, 6.07) is 10.7. The Morgan fingerprint density at radius 1 is 1.19 bits per heavy atom. The summed E-state index contributed by atoms with van der Waals surface area (Å²) in [5.74, 6) is 0. The highest BCUT2D eigenvalue weighted by Gasteiger charge is 2.14. The van der Waals surface area contributed by atoms with Crippen LogP contribution in [-0.2, 0) is 11.3 Å². The molecule has 16 heavy (non-hydrogen) atoms. The van der Waals surface area contributed by atoms with Gasteiger partial charge in [-0.3, -0.25) is 0 Å². The van der Waals surface area contributed by atoms with Crippen molar-refractivity contribution in [1.29, 1.82) is 0 Å². The van der Waals surface area contributed by atoms with Crippen LogP contribution in [-0.4, -0.2) is 17.3 Å². The van der Waals surface area contributed by atoms with E-state index in [4.69, 9.17) is 4.74 Å². The van der Waals surface area contributed by atoms with Crippen molar-refractivity contribution < 1.29 is 4.74 Å². The number of para-hydroxylation sites is 1. The van der Waals surface area contributed by atoms with Gasteiger partial charge in [-0.1, -0.05) is 18.2 Å². The predicted octanol–water partition coefficient (Wildman–Crippen LogP) is 3.21. The van der Waals surface area contributed by atoms with Crippen molar-refractivity contribution in [2.75, 3.05) is 6.61 Å². The molecule has 1 atom stereocenters. The number of rotatable bonds is 2. The lowest BCUT2D eigenvalue weighted by molar-refractivity contribution is 0.00670. The van der Waals surface area contributed by atoms with Gasteiger partial charge in [0.1, 0.15) is 0 Å². The van der Waals surface area contributed by atoms with E-state index in [1.165, 1.54) is 30.2 Å². The third-order valence-corrected chi connectivity index (χ3v) is 3.35. The number of benzene rings is 1. The van der Waals surface area contributed by atoms with E-state index in [2.05, 4.69) is 41.1 Å². The van der Waals surface area contributed by atoms with Crippen LogP contribution in [0.3, 0.4) is 0 Å². The molecule has 0 bridgehead atoms. The fraction of sp³-hybridized carbons (Fsp3) is 0.429. The number of aromatic nitrogens is 1. The van der Waals surface area contributed by atoms with Gasteiger partial charge in [0, 0.05) is 24.9 Å². The van der Waals surface area contributed by atoms with E-state index in [9.17, 15) is 0 Å². The summed E-state index contributed by atoms with van der Waals surface area (Å²) in [6.45, 7) is 1.93. The summed E-state index contributed by atoms with van der Waals surface area (Å²) in [5.41, 5.74) is 1.32. The molecule has 2 nitrogen and oxygen atoms in total. The van der Waals surface area contributed by atoms with Crippen LogP contribution in [0.2, 0.25) is 0 Å². The predicted molar refractivity (Wildman–Crippen MR) is 65.5 cm³/mol. The standard InChI is InChI=1S/C14H17NO/c1-2-7-14-12(5-1)8-9-15(14)11-13-6-3-4-10-16-13/h1-2,5,7-9,13H,3-4,6,10-11H2. The number of ether oxygens (including phenoxy) is 1. The highest BCUT2D eigenvalue weighted by molar-refractivity contribution is 5.79. The van der Waals surface area contributed by atoms with E-state index < -0.39 is 0 Å². The van der Waals surface area contributed by atoms with E-state index in [0.29, 0.717) is 6.10 Å². The van der Waals surface area contributed by atoms with Crippen molar-refractivity contribution in [2.45, 2.75) is 31.9 Å². The van der Waals surface area contributed by atoms with Gasteiger partial charge in [0.2, 0.25) is 0 Å². The van der Waals surface area contributed by atoms with Crippen LogP contribution in [0, 0.1) is 0 Å². The quantitative estimate of drug-likeness (QED) is 0.750. The van der Waals surface area contributed by atoms with Crippen LogP contribution in [0.4, 0.5) is 0 Å². The molecule has 0 aliphatic carbocycles. The molecule has 1 fully saturated rings. The zero-order valence-electron chi connectivity index (χ0n) is 9.43. The first-order valence-electron chi connectivity index (χ1n) is 6.09. The Bertz CT molecular complexity index is 468. The van der Waals surface area contributed by atoms with Crippen molar-refractivity contribution in [1.82, 2.24) is 4.57 Å². The van der Waals surface area contributed by atoms with Crippen LogP contribution in [0.1, 0.15) is 19.3 Å². The normalized spacial score (nSPS) is 21.4. The van der Waals surface area contributed by atoms with Gasteiger partial charge in [-0.15, -0.1) is 0 Å². The smallest absolute Gasteiger partial charge is 0.0754 e. The van der Waals surface area contributed by atoms with Gasteiger partial charge >= 0.3 is 0 Å². The summed E-state index contributed by atoms with van der Waals surface area (Å²) in [4.78, 5) is 0. The molecule has 84 valence electrons. The van der Waals surface area contributed by atoms with Gasteiger partial charge in [-0.05, 0) is 36.8 Å². The number of hydrogen-bond donors (Lipinski definition) is 0. The summed E-state index contributed by atoms with van der Waals surface area (Å²) in [7, 11) is 0. The second-order valence-electron chi connectivity index (χ2n) is 4.52. The lowest BCUT2D eigenvalue weighted by Crippen LogP contribution is -2.24. The summed E-state index contributed by atoms with van der Waals surface area (Å²) in [6.07, 6.45) is 6.31. The molecule has 1 aromatic heterocycles. The summed E-state index contributed by atoms with van der Waals surface area (Å²) >= 11 is 0. The minimum absolute atomic E-state index is 0.407. The third kappa shape index (κ3) is 1.85. The fourth-order valence-corrected chi connectivity index (χ4v) is 2.47. The van der Waals surface area contributed by atoms with E-state index in [1.807, 2.05) is 0 Å². The van der Waals surface area contributed by atoms with Gasteiger partial charge in [0.15, 0.2) is 0 Å². The average molecular weight is 215 g/mol. The first-order valence-corrected chi connectivity index (χ1v) is 6.09. The van der Waals surface area contributed by atoms with Crippen molar-refractivity contribution in [2.24, 2.45) is 0 Å².